The van der Waals surface area contributed by atoms with E-state index in [0.29, 0.717) is 12.8 Å². The first-order valence-corrected chi connectivity index (χ1v) is 7.39. The molecule has 0 heterocycles. The Labute approximate surface area is 132 Å². The van der Waals surface area contributed by atoms with E-state index < -0.39 is 11.7 Å². The van der Waals surface area contributed by atoms with Gasteiger partial charge in [0.25, 0.3) is 0 Å². The fraction of sp³-hybridized carbons (Fsp3) is 0.211. The highest BCUT2D eigenvalue weighted by Crippen LogP contribution is 2.37. The molecule has 2 aromatic rings. The van der Waals surface area contributed by atoms with Crippen LogP contribution in [0.1, 0.15) is 35.4 Å². The van der Waals surface area contributed by atoms with Crippen LogP contribution in [0.4, 0.5) is 13.2 Å². The smallest absolute Gasteiger partial charge is 0.295 e. The van der Waals surface area contributed by atoms with Crippen molar-refractivity contribution in [2.45, 2.75) is 24.9 Å². The second kappa shape index (κ2) is 6.03. The Balaban J connectivity index is 1.85. The molecule has 23 heavy (non-hydrogen) atoms. The first-order chi connectivity index (χ1) is 10.9. The van der Waals surface area contributed by atoms with E-state index >= 15 is 0 Å². The van der Waals surface area contributed by atoms with Crippen molar-refractivity contribution in [1.29, 1.82) is 0 Å². The molecule has 0 N–H and O–H groups in total. The maximum Gasteiger partial charge on any atom is 0.416 e. The summed E-state index contributed by atoms with van der Waals surface area (Å²) in [4.78, 5) is 12.0. The zero-order valence-electron chi connectivity index (χ0n) is 12.3. The van der Waals surface area contributed by atoms with Crippen LogP contribution in [-0.2, 0) is 11.0 Å². The summed E-state index contributed by atoms with van der Waals surface area (Å²) in [6, 6.07) is 14.7. The second-order valence-corrected chi connectivity index (χ2v) is 5.73. The molecule has 0 saturated heterocycles. The normalized spacial score (nSPS) is 18.7. The Morgan fingerprint density at radius 1 is 0.870 bits per heavy atom. The summed E-state index contributed by atoms with van der Waals surface area (Å²) in [6.07, 6.45) is -1.70. The summed E-state index contributed by atoms with van der Waals surface area (Å²) in [5, 5.41) is 0. The Hall–Kier alpha value is -2.36. The summed E-state index contributed by atoms with van der Waals surface area (Å²) in [7, 11) is 0. The highest BCUT2D eigenvalue weighted by Gasteiger charge is 2.30. The first kappa shape index (κ1) is 15.5. The molecule has 0 fully saturated rings. The van der Waals surface area contributed by atoms with Gasteiger partial charge in [-0.2, -0.15) is 13.2 Å². The van der Waals surface area contributed by atoms with Crippen LogP contribution in [0.3, 0.4) is 0 Å². The minimum absolute atomic E-state index is 0.0139. The van der Waals surface area contributed by atoms with E-state index in [0.717, 1.165) is 28.8 Å². The predicted octanol–water partition coefficient (Wildman–Crippen LogP) is 5.24. The molecule has 2 aromatic carbocycles. The molecule has 1 aliphatic rings. The van der Waals surface area contributed by atoms with Crippen molar-refractivity contribution in [3.8, 4) is 0 Å². The van der Waals surface area contributed by atoms with Gasteiger partial charge >= 0.3 is 6.18 Å². The van der Waals surface area contributed by atoms with Crippen molar-refractivity contribution in [2.24, 2.45) is 0 Å². The molecule has 0 spiro atoms. The van der Waals surface area contributed by atoms with E-state index in [1.807, 2.05) is 30.3 Å². The van der Waals surface area contributed by atoms with Crippen LogP contribution in [0.25, 0.3) is 5.57 Å². The highest BCUT2D eigenvalue weighted by molar-refractivity contribution is 5.99. The molecule has 1 aliphatic carbocycles. The van der Waals surface area contributed by atoms with E-state index in [-0.39, 0.29) is 11.7 Å². The Kier molecular flexibility index (Phi) is 4.07. The number of hydrogen-bond acceptors (Lipinski definition) is 1. The molecule has 1 nitrogen and oxygen atoms in total. The van der Waals surface area contributed by atoms with Crippen molar-refractivity contribution < 1.29 is 18.0 Å². The molecule has 1 atom stereocenters. The van der Waals surface area contributed by atoms with Crippen molar-refractivity contribution in [3.63, 3.8) is 0 Å². The quantitative estimate of drug-likeness (QED) is 0.741. The van der Waals surface area contributed by atoms with Crippen LogP contribution < -0.4 is 0 Å². The Bertz CT molecular complexity index is 727. The number of halogens is 3. The number of rotatable bonds is 2. The largest absolute Gasteiger partial charge is 0.416 e. The standard InChI is InChI=1S/C19H15F3O/c20-19(21,22)17-8-6-14(7-9-17)16-10-15(11-18(23)12-16)13-4-2-1-3-5-13/h1-9,11,16H,10,12H2/t16-/m1/s1. The molecule has 0 radical (unpaired) electrons. The maximum absolute atomic E-state index is 12.6. The van der Waals surface area contributed by atoms with Crippen LogP contribution >= 0.6 is 0 Å². The van der Waals surface area contributed by atoms with Crippen LogP contribution in [0, 0.1) is 0 Å². The number of carbonyl (C=O) groups is 1. The average Bonchev–Trinajstić information content (AvgIpc) is 2.54. The van der Waals surface area contributed by atoms with Gasteiger partial charge in [0.2, 0.25) is 0 Å². The number of hydrogen-bond donors (Lipinski definition) is 0. The lowest BCUT2D eigenvalue weighted by Gasteiger charge is -2.23. The van der Waals surface area contributed by atoms with Gasteiger partial charge in [0, 0.05) is 6.42 Å². The van der Waals surface area contributed by atoms with Crippen LogP contribution in [0.15, 0.2) is 60.7 Å². The van der Waals surface area contributed by atoms with Crippen molar-refractivity contribution in [3.05, 3.63) is 77.4 Å². The van der Waals surface area contributed by atoms with Gasteiger partial charge < -0.3 is 0 Å². The molecule has 3 rings (SSSR count). The summed E-state index contributed by atoms with van der Waals surface area (Å²) in [5.74, 6) is -0.0648. The molecule has 4 heteroatoms. The van der Waals surface area contributed by atoms with E-state index in [2.05, 4.69) is 0 Å². The third-order valence-electron chi connectivity index (χ3n) is 4.10. The van der Waals surface area contributed by atoms with E-state index in [1.165, 1.54) is 12.1 Å². The molecular weight excluding hydrogens is 301 g/mol. The molecule has 118 valence electrons. The summed E-state index contributed by atoms with van der Waals surface area (Å²) < 4.78 is 37.9. The molecule has 0 amide bonds. The fourth-order valence-electron chi connectivity index (χ4n) is 2.93. The number of benzene rings is 2. The van der Waals surface area contributed by atoms with Crippen molar-refractivity contribution in [2.75, 3.05) is 0 Å². The molecule has 0 bridgehead atoms. The summed E-state index contributed by atoms with van der Waals surface area (Å²) in [6.45, 7) is 0. The van der Waals surface area contributed by atoms with E-state index in [4.69, 9.17) is 0 Å². The zero-order chi connectivity index (χ0) is 16.4. The maximum atomic E-state index is 12.6. The monoisotopic (exact) mass is 316 g/mol. The van der Waals surface area contributed by atoms with Crippen LogP contribution in [-0.4, -0.2) is 5.78 Å². The van der Waals surface area contributed by atoms with Gasteiger partial charge in [0.05, 0.1) is 5.56 Å². The van der Waals surface area contributed by atoms with Gasteiger partial charge in [-0.05, 0) is 47.2 Å². The number of carbonyl (C=O) groups excluding carboxylic acids is 1. The lowest BCUT2D eigenvalue weighted by atomic mass is 9.81. The SMILES string of the molecule is O=C1C=C(c2ccccc2)C[C@@H](c2ccc(C(F)(F)F)cc2)C1. The van der Waals surface area contributed by atoms with Gasteiger partial charge in [-0.3, -0.25) is 4.79 Å². The third kappa shape index (κ3) is 3.52. The summed E-state index contributed by atoms with van der Waals surface area (Å²) >= 11 is 0. The topological polar surface area (TPSA) is 17.1 Å². The van der Waals surface area contributed by atoms with Crippen LogP contribution in [0.5, 0.6) is 0 Å². The highest BCUT2D eigenvalue weighted by atomic mass is 19.4. The predicted molar refractivity (Wildman–Crippen MR) is 82.8 cm³/mol. The minimum Gasteiger partial charge on any atom is -0.295 e. The second-order valence-electron chi connectivity index (χ2n) is 5.73. The molecule has 0 aliphatic heterocycles. The van der Waals surface area contributed by atoms with E-state index in [1.54, 1.807) is 6.08 Å². The fourth-order valence-corrected chi connectivity index (χ4v) is 2.93. The lowest BCUT2D eigenvalue weighted by Crippen LogP contribution is -2.13. The summed E-state index contributed by atoms with van der Waals surface area (Å²) in [5.41, 5.74) is 2.03. The lowest BCUT2D eigenvalue weighted by molar-refractivity contribution is -0.137. The Morgan fingerprint density at radius 2 is 1.52 bits per heavy atom. The van der Waals surface area contributed by atoms with Crippen molar-refractivity contribution >= 4 is 11.4 Å². The molecular formula is C19H15F3O. The van der Waals surface area contributed by atoms with Gasteiger partial charge in [-0.25, -0.2) is 0 Å². The van der Waals surface area contributed by atoms with Gasteiger partial charge in [-0.1, -0.05) is 42.5 Å². The van der Waals surface area contributed by atoms with Gasteiger partial charge in [0.15, 0.2) is 5.78 Å². The average molecular weight is 316 g/mol. The van der Waals surface area contributed by atoms with E-state index in [9.17, 15) is 18.0 Å². The first-order valence-electron chi connectivity index (χ1n) is 7.39. The number of allylic oxidation sites excluding steroid dienone is 2. The van der Waals surface area contributed by atoms with Crippen LogP contribution in [0.2, 0.25) is 0 Å². The molecule has 0 aromatic heterocycles. The number of ketones is 1. The third-order valence-corrected chi connectivity index (χ3v) is 4.10. The van der Waals surface area contributed by atoms with Crippen molar-refractivity contribution in [1.82, 2.24) is 0 Å². The van der Waals surface area contributed by atoms with Gasteiger partial charge in [-0.15, -0.1) is 0 Å². The van der Waals surface area contributed by atoms with Gasteiger partial charge in [0.1, 0.15) is 0 Å². The number of alkyl halides is 3. The Morgan fingerprint density at radius 3 is 2.13 bits per heavy atom. The molecule has 0 saturated carbocycles. The zero-order valence-corrected chi connectivity index (χ0v) is 12.3. The molecule has 0 unspecified atom stereocenters. The minimum atomic E-state index is -4.34.